The number of carboxylic acids is 1. The number of carbonyl (C=O) groups is 1. The van der Waals surface area contributed by atoms with E-state index in [-0.39, 0.29) is 5.89 Å². The van der Waals surface area contributed by atoms with Crippen molar-refractivity contribution < 1.29 is 14.3 Å². The van der Waals surface area contributed by atoms with E-state index in [1.165, 1.54) is 11.8 Å². The lowest BCUT2D eigenvalue weighted by molar-refractivity contribution is 0.0656. The van der Waals surface area contributed by atoms with E-state index >= 15 is 0 Å². The van der Waals surface area contributed by atoms with E-state index in [1.54, 1.807) is 6.07 Å². The third-order valence-electron chi connectivity index (χ3n) is 1.78. The molecule has 0 amide bonds. The maximum atomic E-state index is 10.6. The molecule has 2 rings (SSSR count). The number of para-hydroxylation sites is 1. The first-order chi connectivity index (χ1) is 6.72. The van der Waals surface area contributed by atoms with Gasteiger partial charge in [0.05, 0.1) is 4.90 Å². The average molecular weight is 209 g/mol. The van der Waals surface area contributed by atoms with Gasteiger partial charge in [-0.1, -0.05) is 6.07 Å². The highest BCUT2D eigenvalue weighted by atomic mass is 32.2. The van der Waals surface area contributed by atoms with Crippen molar-refractivity contribution in [2.75, 3.05) is 6.26 Å². The molecule has 0 bridgehead atoms. The lowest BCUT2D eigenvalue weighted by atomic mass is 10.3. The summed E-state index contributed by atoms with van der Waals surface area (Å²) < 4.78 is 5.12. The second-order valence-electron chi connectivity index (χ2n) is 2.63. The number of aromatic nitrogens is 1. The molecule has 1 aromatic heterocycles. The van der Waals surface area contributed by atoms with Crippen molar-refractivity contribution >= 4 is 28.8 Å². The van der Waals surface area contributed by atoms with E-state index in [4.69, 9.17) is 9.52 Å². The molecule has 0 fully saturated rings. The van der Waals surface area contributed by atoms with Crippen LogP contribution in [0.4, 0.5) is 0 Å². The Hall–Kier alpha value is -1.49. The fraction of sp³-hybridized carbons (Fsp3) is 0.111. The van der Waals surface area contributed by atoms with Crippen LogP contribution in [-0.4, -0.2) is 22.3 Å². The zero-order valence-electron chi connectivity index (χ0n) is 7.35. The van der Waals surface area contributed by atoms with Crippen LogP contribution in [0.5, 0.6) is 0 Å². The largest absolute Gasteiger partial charge is 0.474 e. The molecular weight excluding hydrogens is 202 g/mol. The van der Waals surface area contributed by atoms with Gasteiger partial charge in [0.2, 0.25) is 0 Å². The first-order valence-electron chi connectivity index (χ1n) is 3.89. The van der Waals surface area contributed by atoms with Crippen LogP contribution in [0.15, 0.2) is 27.5 Å². The van der Waals surface area contributed by atoms with Gasteiger partial charge in [0.15, 0.2) is 5.58 Å². The van der Waals surface area contributed by atoms with Crippen LogP contribution in [-0.2, 0) is 0 Å². The van der Waals surface area contributed by atoms with E-state index < -0.39 is 5.97 Å². The minimum atomic E-state index is -1.15. The topological polar surface area (TPSA) is 63.3 Å². The number of carboxylic acid groups (broad SMARTS) is 1. The van der Waals surface area contributed by atoms with Crippen molar-refractivity contribution in [3.63, 3.8) is 0 Å². The Kier molecular flexibility index (Phi) is 2.17. The first-order valence-corrected chi connectivity index (χ1v) is 5.11. The summed E-state index contributed by atoms with van der Waals surface area (Å²) in [4.78, 5) is 15.3. The minimum absolute atomic E-state index is 0.262. The molecule has 2 aromatic rings. The van der Waals surface area contributed by atoms with Gasteiger partial charge in [0, 0.05) is 0 Å². The summed E-state index contributed by atoms with van der Waals surface area (Å²) in [5.41, 5.74) is 1.12. The minimum Gasteiger partial charge on any atom is -0.474 e. The molecule has 1 N–H and O–H groups in total. The van der Waals surface area contributed by atoms with Gasteiger partial charge < -0.3 is 9.52 Å². The third-order valence-corrected chi connectivity index (χ3v) is 2.54. The van der Waals surface area contributed by atoms with Crippen molar-refractivity contribution in [3.05, 3.63) is 24.1 Å². The standard InChI is InChI=1S/C9H7NO3S/c1-14-6-4-2-3-5-7(6)13-8(10-5)9(11)12/h2-4H,1H3,(H,11,12). The number of nitrogens with zero attached hydrogens (tertiary/aromatic N) is 1. The molecule has 0 aliphatic carbocycles. The van der Waals surface area contributed by atoms with Crippen molar-refractivity contribution in [1.29, 1.82) is 0 Å². The van der Waals surface area contributed by atoms with E-state index in [9.17, 15) is 4.79 Å². The molecule has 0 saturated heterocycles. The number of benzene rings is 1. The molecule has 1 aromatic carbocycles. The summed E-state index contributed by atoms with van der Waals surface area (Å²) in [6, 6.07) is 5.41. The third kappa shape index (κ3) is 1.35. The predicted molar refractivity (Wildman–Crippen MR) is 52.7 cm³/mol. The van der Waals surface area contributed by atoms with Crippen LogP contribution < -0.4 is 0 Å². The number of oxazole rings is 1. The summed E-state index contributed by atoms with van der Waals surface area (Å²) in [6.07, 6.45) is 1.90. The number of aromatic carboxylic acids is 1. The van der Waals surface area contributed by atoms with Gasteiger partial charge in [-0.15, -0.1) is 11.8 Å². The number of fused-ring (bicyclic) bond motifs is 1. The molecule has 0 radical (unpaired) electrons. The van der Waals surface area contributed by atoms with Gasteiger partial charge in [-0.3, -0.25) is 0 Å². The fourth-order valence-corrected chi connectivity index (χ4v) is 1.72. The molecule has 4 nitrogen and oxygen atoms in total. The predicted octanol–water partition coefficient (Wildman–Crippen LogP) is 2.25. The monoisotopic (exact) mass is 209 g/mol. The SMILES string of the molecule is CSc1cccc2nc(C(=O)O)oc12. The fourth-order valence-electron chi connectivity index (χ4n) is 1.18. The van der Waals surface area contributed by atoms with Crippen LogP contribution in [0, 0.1) is 0 Å². The zero-order chi connectivity index (χ0) is 10.1. The first kappa shape index (κ1) is 9.08. The molecular formula is C9H7NO3S. The molecule has 0 spiro atoms. The quantitative estimate of drug-likeness (QED) is 0.768. The molecule has 72 valence electrons. The Morgan fingerprint density at radius 2 is 2.36 bits per heavy atom. The maximum absolute atomic E-state index is 10.6. The number of thioether (sulfide) groups is 1. The van der Waals surface area contributed by atoms with Crippen molar-refractivity contribution in [1.82, 2.24) is 4.98 Å². The molecule has 1 heterocycles. The van der Waals surface area contributed by atoms with Gasteiger partial charge in [-0.2, -0.15) is 0 Å². The van der Waals surface area contributed by atoms with Gasteiger partial charge >= 0.3 is 11.9 Å². The van der Waals surface area contributed by atoms with Gasteiger partial charge in [0.25, 0.3) is 0 Å². The van der Waals surface area contributed by atoms with Crippen LogP contribution in [0.25, 0.3) is 11.1 Å². The lowest BCUT2D eigenvalue weighted by Crippen LogP contribution is -1.94. The number of hydrogen-bond donors (Lipinski definition) is 1. The Balaban J connectivity index is 2.70. The Morgan fingerprint density at radius 3 is 3.00 bits per heavy atom. The maximum Gasteiger partial charge on any atom is 0.392 e. The van der Waals surface area contributed by atoms with E-state index in [2.05, 4.69) is 4.98 Å². The number of rotatable bonds is 2. The van der Waals surface area contributed by atoms with Crippen molar-refractivity contribution in [2.45, 2.75) is 4.90 Å². The van der Waals surface area contributed by atoms with Crippen LogP contribution in [0.1, 0.15) is 10.7 Å². The highest BCUT2D eigenvalue weighted by Crippen LogP contribution is 2.26. The van der Waals surface area contributed by atoms with Crippen LogP contribution >= 0.6 is 11.8 Å². The molecule has 0 aliphatic heterocycles. The molecule has 14 heavy (non-hydrogen) atoms. The van der Waals surface area contributed by atoms with Crippen LogP contribution in [0.2, 0.25) is 0 Å². The highest BCUT2D eigenvalue weighted by Gasteiger charge is 2.14. The van der Waals surface area contributed by atoms with Gasteiger partial charge in [-0.05, 0) is 18.4 Å². The summed E-state index contributed by atoms with van der Waals surface area (Å²) in [7, 11) is 0. The summed E-state index contributed by atoms with van der Waals surface area (Å²) in [6.45, 7) is 0. The second-order valence-corrected chi connectivity index (χ2v) is 3.48. The Bertz CT molecular complexity index is 492. The summed E-state index contributed by atoms with van der Waals surface area (Å²) in [5, 5.41) is 8.69. The smallest absolute Gasteiger partial charge is 0.392 e. The molecule has 0 atom stereocenters. The summed E-state index contributed by atoms with van der Waals surface area (Å²) in [5.74, 6) is -1.41. The average Bonchev–Trinajstić information content (AvgIpc) is 2.60. The van der Waals surface area contributed by atoms with Gasteiger partial charge in [-0.25, -0.2) is 9.78 Å². The van der Waals surface area contributed by atoms with Crippen molar-refractivity contribution in [3.8, 4) is 0 Å². The zero-order valence-corrected chi connectivity index (χ0v) is 8.17. The Labute approximate surface area is 83.9 Å². The van der Waals surface area contributed by atoms with Crippen molar-refractivity contribution in [2.24, 2.45) is 0 Å². The van der Waals surface area contributed by atoms with Gasteiger partial charge in [0.1, 0.15) is 5.52 Å². The highest BCUT2D eigenvalue weighted by molar-refractivity contribution is 7.98. The number of hydrogen-bond acceptors (Lipinski definition) is 4. The Morgan fingerprint density at radius 1 is 1.57 bits per heavy atom. The van der Waals surface area contributed by atoms with E-state index in [0.29, 0.717) is 11.1 Å². The molecule has 5 heteroatoms. The van der Waals surface area contributed by atoms with Crippen LogP contribution in [0.3, 0.4) is 0 Å². The van der Waals surface area contributed by atoms with E-state index in [1.807, 2.05) is 18.4 Å². The second kappa shape index (κ2) is 3.34. The summed E-state index contributed by atoms with van der Waals surface area (Å²) >= 11 is 1.50. The molecule has 0 saturated carbocycles. The molecule has 0 unspecified atom stereocenters. The lowest BCUT2D eigenvalue weighted by Gasteiger charge is -1.93. The normalized spacial score (nSPS) is 10.6. The van der Waals surface area contributed by atoms with E-state index in [0.717, 1.165) is 4.90 Å². The molecule has 0 aliphatic rings.